The molecule has 1 N–H and O–H groups in total. The van der Waals surface area contributed by atoms with Crippen molar-refractivity contribution in [2.45, 2.75) is 18.4 Å². The molecule has 0 spiro atoms. The van der Waals surface area contributed by atoms with Gasteiger partial charge in [0.1, 0.15) is 19.0 Å². The third-order valence-electron chi connectivity index (χ3n) is 6.72. The number of hydrogen-bond donors (Lipinski definition) is 1. The number of nitrogens with one attached hydrogen (secondary N) is 1. The number of hydrogen-bond acceptors (Lipinski definition) is 7. The van der Waals surface area contributed by atoms with E-state index in [0.29, 0.717) is 15.6 Å². The van der Waals surface area contributed by atoms with Gasteiger partial charge in [-0.05, 0) is 64.6 Å². The summed E-state index contributed by atoms with van der Waals surface area (Å²) in [5, 5.41) is 14.4. The van der Waals surface area contributed by atoms with Gasteiger partial charge in [0.25, 0.3) is 5.69 Å². The van der Waals surface area contributed by atoms with E-state index in [4.69, 9.17) is 37.4 Å². The lowest BCUT2D eigenvalue weighted by molar-refractivity contribution is -0.384. The number of amides is 1. The number of halogens is 2. The van der Waals surface area contributed by atoms with Crippen LogP contribution in [0.5, 0.6) is 5.75 Å². The van der Waals surface area contributed by atoms with Crippen molar-refractivity contribution in [3.8, 4) is 16.9 Å². The summed E-state index contributed by atoms with van der Waals surface area (Å²) in [6, 6.07) is 25.2. The fourth-order valence-corrected chi connectivity index (χ4v) is 5.47. The summed E-state index contributed by atoms with van der Waals surface area (Å²) in [4.78, 5) is 35.6. The minimum atomic E-state index is -1.05. The Morgan fingerprint density at radius 2 is 1.45 bits per heavy atom. The van der Waals surface area contributed by atoms with Gasteiger partial charge in [-0.1, -0.05) is 71.7 Å². The Morgan fingerprint density at radius 1 is 0.857 bits per heavy atom. The Kier molecular flexibility index (Phi) is 8.90. The maximum absolute atomic E-state index is 13.0. The summed E-state index contributed by atoms with van der Waals surface area (Å²) in [5.74, 6) is -0.0606. The number of fused-ring (bicyclic) bond motifs is 3. The van der Waals surface area contributed by atoms with Crippen molar-refractivity contribution in [1.29, 1.82) is 0 Å². The maximum atomic E-state index is 13.0. The third kappa shape index (κ3) is 6.99. The Bertz CT molecular complexity index is 1560. The van der Waals surface area contributed by atoms with E-state index in [-0.39, 0.29) is 37.0 Å². The molecule has 0 unspecified atom stereocenters. The molecule has 9 nitrogen and oxygen atoms in total. The highest BCUT2D eigenvalue weighted by atomic mass is 35.5. The fourth-order valence-electron chi connectivity index (χ4n) is 4.90. The van der Waals surface area contributed by atoms with Gasteiger partial charge in [-0.15, -0.1) is 0 Å². The van der Waals surface area contributed by atoms with Crippen LogP contribution in [0.25, 0.3) is 11.1 Å². The second-order valence-electron chi connectivity index (χ2n) is 9.56. The lowest BCUT2D eigenvalue weighted by Crippen LogP contribution is -2.41. The van der Waals surface area contributed by atoms with Gasteiger partial charge in [0.15, 0.2) is 0 Å². The number of alkyl carbamates (subject to hydrolysis) is 1. The van der Waals surface area contributed by atoms with Crippen molar-refractivity contribution < 1.29 is 28.7 Å². The summed E-state index contributed by atoms with van der Waals surface area (Å²) in [6.07, 6.45) is -1.52. The van der Waals surface area contributed by atoms with E-state index in [1.165, 1.54) is 24.3 Å². The topological polar surface area (TPSA) is 117 Å². The Balaban J connectivity index is 1.24. The number of rotatable bonds is 9. The highest BCUT2D eigenvalue weighted by Gasteiger charge is 2.29. The molecule has 4 aromatic rings. The normalized spacial score (nSPS) is 12.5. The van der Waals surface area contributed by atoms with Gasteiger partial charge >= 0.3 is 12.2 Å². The van der Waals surface area contributed by atoms with Crippen molar-refractivity contribution in [1.82, 2.24) is 5.32 Å². The zero-order chi connectivity index (χ0) is 29.6. The molecule has 0 aliphatic heterocycles. The van der Waals surface area contributed by atoms with Crippen LogP contribution in [0.1, 0.15) is 22.6 Å². The second-order valence-corrected chi connectivity index (χ2v) is 10.4. The first-order valence-corrected chi connectivity index (χ1v) is 13.7. The predicted molar refractivity (Wildman–Crippen MR) is 157 cm³/mol. The quantitative estimate of drug-likeness (QED) is 0.0903. The summed E-state index contributed by atoms with van der Waals surface area (Å²) >= 11 is 12.3. The van der Waals surface area contributed by atoms with Crippen LogP contribution in [0.3, 0.4) is 0 Å². The summed E-state index contributed by atoms with van der Waals surface area (Å²) < 4.78 is 16.0. The average Bonchev–Trinajstić information content (AvgIpc) is 3.28. The van der Waals surface area contributed by atoms with Gasteiger partial charge in [0.05, 0.1) is 11.0 Å². The summed E-state index contributed by atoms with van der Waals surface area (Å²) in [5.41, 5.74) is 4.92. The second kappa shape index (κ2) is 12.9. The largest absolute Gasteiger partial charge is 0.513 e. The Morgan fingerprint density at radius 3 is 2.05 bits per heavy atom. The van der Waals surface area contributed by atoms with Crippen molar-refractivity contribution in [2.75, 3.05) is 13.2 Å². The average molecular weight is 607 g/mol. The van der Waals surface area contributed by atoms with E-state index in [1.54, 1.807) is 18.2 Å². The molecule has 0 radical (unpaired) electrons. The van der Waals surface area contributed by atoms with E-state index < -0.39 is 23.2 Å². The molecule has 1 atom stereocenters. The standard InChI is InChI=1S/C31H24Cl2N2O7/c32-20-13-19(14-21(33)16-20)15-22(17-41-31(37)42-24-11-9-23(10-12-24)35(38)39)34-30(36)40-18-29-27-7-3-1-5-25(27)26-6-2-4-8-28(26)29/h1-14,16,22,29H,15,17-18H2,(H,34,36)/t22-/m0/s1. The number of nitrogens with zero attached hydrogens (tertiary/aromatic N) is 1. The van der Waals surface area contributed by atoms with E-state index in [9.17, 15) is 19.7 Å². The first-order chi connectivity index (χ1) is 20.3. The summed E-state index contributed by atoms with van der Waals surface area (Å²) in [6.45, 7) is -0.154. The number of ether oxygens (including phenoxy) is 3. The lowest BCUT2D eigenvalue weighted by Gasteiger charge is -2.20. The molecule has 0 fully saturated rings. The maximum Gasteiger partial charge on any atom is 0.513 e. The van der Waals surface area contributed by atoms with Gasteiger partial charge in [0, 0.05) is 28.1 Å². The van der Waals surface area contributed by atoms with Gasteiger partial charge < -0.3 is 19.5 Å². The SMILES string of the molecule is O=C(N[C@H](COC(=O)Oc1ccc([N+](=O)[O-])cc1)Cc1cc(Cl)cc(Cl)c1)OCC1c2ccccc2-c2ccccc21. The van der Waals surface area contributed by atoms with Crippen LogP contribution in [-0.4, -0.2) is 36.4 Å². The van der Waals surface area contributed by atoms with E-state index >= 15 is 0 Å². The molecule has 0 saturated heterocycles. The molecule has 11 heteroatoms. The number of carbonyl (C=O) groups is 2. The molecule has 1 amide bonds. The van der Waals surface area contributed by atoms with Crippen molar-refractivity contribution in [2.24, 2.45) is 0 Å². The molecular formula is C31H24Cl2N2O7. The van der Waals surface area contributed by atoms with Gasteiger partial charge in [-0.3, -0.25) is 10.1 Å². The first kappa shape index (κ1) is 28.9. The van der Waals surface area contributed by atoms with Crippen molar-refractivity contribution >= 4 is 41.1 Å². The van der Waals surface area contributed by atoms with Crippen LogP contribution in [0, 0.1) is 10.1 Å². The minimum Gasteiger partial charge on any atom is -0.449 e. The third-order valence-corrected chi connectivity index (χ3v) is 7.16. The molecule has 5 rings (SSSR count). The lowest BCUT2D eigenvalue weighted by atomic mass is 9.98. The smallest absolute Gasteiger partial charge is 0.449 e. The van der Waals surface area contributed by atoms with Crippen LogP contribution in [-0.2, 0) is 15.9 Å². The first-order valence-electron chi connectivity index (χ1n) is 12.9. The molecule has 0 saturated carbocycles. The highest BCUT2D eigenvalue weighted by Crippen LogP contribution is 2.44. The molecule has 42 heavy (non-hydrogen) atoms. The van der Waals surface area contributed by atoms with E-state index in [0.717, 1.165) is 22.3 Å². The Labute approximate surface area is 251 Å². The predicted octanol–water partition coefficient (Wildman–Crippen LogP) is 7.57. The number of carbonyl (C=O) groups excluding carboxylic acids is 2. The Hall–Kier alpha value is -4.60. The van der Waals surface area contributed by atoms with Crippen LogP contribution >= 0.6 is 23.2 Å². The zero-order valence-electron chi connectivity index (χ0n) is 22.0. The molecule has 1 aliphatic rings. The van der Waals surface area contributed by atoms with E-state index in [2.05, 4.69) is 5.32 Å². The number of benzene rings is 4. The summed E-state index contributed by atoms with van der Waals surface area (Å²) in [7, 11) is 0. The number of nitro benzene ring substituents is 1. The molecular weight excluding hydrogens is 583 g/mol. The van der Waals surface area contributed by atoms with Gasteiger partial charge in [0.2, 0.25) is 0 Å². The van der Waals surface area contributed by atoms with Gasteiger partial charge in [-0.2, -0.15) is 0 Å². The van der Waals surface area contributed by atoms with Crippen molar-refractivity contribution in [3.63, 3.8) is 0 Å². The molecule has 214 valence electrons. The fraction of sp³-hybridized carbons (Fsp3) is 0.161. The molecule has 1 aliphatic carbocycles. The van der Waals surface area contributed by atoms with Crippen LogP contribution in [0.15, 0.2) is 91.0 Å². The van der Waals surface area contributed by atoms with Crippen molar-refractivity contribution in [3.05, 3.63) is 128 Å². The minimum absolute atomic E-state index is 0.0632. The number of nitro groups is 1. The molecule has 0 heterocycles. The van der Waals surface area contributed by atoms with E-state index in [1.807, 2.05) is 48.5 Å². The molecule has 0 bridgehead atoms. The van der Waals surface area contributed by atoms with Gasteiger partial charge in [-0.25, -0.2) is 9.59 Å². The van der Waals surface area contributed by atoms with Crippen LogP contribution in [0.4, 0.5) is 15.3 Å². The molecule has 4 aromatic carbocycles. The molecule has 0 aromatic heterocycles. The highest BCUT2D eigenvalue weighted by molar-refractivity contribution is 6.34. The van der Waals surface area contributed by atoms with Crippen LogP contribution in [0.2, 0.25) is 10.0 Å². The monoisotopic (exact) mass is 606 g/mol. The van der Waals surface area contributed by atoms with Crippen LogP contribution < -0.4 is 10.1 Å². The zero-order valence-corrected chi connectivity index (χ0v) is 23.5. The number of non-ortho nitro benzene ring substituents is 1.